The smallest absolute Gasteiger partial charge is 0.320 e. The molecule has 0 aliphatic carbocycles. The van der Waals surface area contributed by atoms with Gasteiger partial charge in [0.25, 0.3) is 27.6 Å². The molecule has 1 aromatic rings. The van der Waals surface area contributed by atoms with Crippen molar-refractivity contribution in [1.29, 1.82) is 0 Å². The van der Waals surface area contributed by atoms with Crippen molar-refractivity contribution in [3.63, 3.8) is 0 Å². The Morgan fingerprint density at radius 2 is 2.12 bits per heavy atom. The van der Waals surface area contributed by atoms with E-state index in [-0.39, 0.29) is 22.3 Å². The van der Waals surface area contributed by atoms with Crippen LogP contribution in [0.15, 0.2) is 23.3 Å². The van der Waals surface area contributed by atoms with Crippen LogP contribution in [0, 0.1) is 10.1 Å². The predicted molar refractivity (Wildman–Crippen MR) is 106 cm³/mol. The maximum absolute atomic E-state index is 12.6. The van der Waals surface area contributed by atoms with Crippen LogP contribution in [-0.4, -0.2) is 45.9 Å². The first-order valence-corrected chi connectivity index (χ1v) is 10.7. The van der Waals surface area contributed by atoms with Gasteiger partial charge in [0.05, 0.1) is 11.3 Å². The molecule has 15 nitrogen and oxygen atoms in total. The summed E-state index contributed by atoms with van der Waals surface area (Å²) in [6, 6.07) is 2.84. The van der Waals surface area contributed by atoms with Gasteiger partial charge in [-0.1, -0.05) is 30.1 Å². The molecule has 0 spiro atoms. The summed E-state index contributed by atoms with van der Waals surface area (Å²) in [5, 5.41) is 12.9. The lowest BCUT2D eigenvalue weighted by Crippen LogP contribution is -2.49. The first-order chi connectivity index (χ1) is 15.0. The number of nitro benzene ring substituents is 1. The molecule has 172 valence electrons. The summed E-state index contributed by atoms with van der Waals surface area (Å²) in [7, 11) is -4.99. The number of hydrogen-bond donors (Lipinski definition) is 1. The fourth-order valence-electron chi connectivity index (χ4n) is 2.81. The summed E-state index contributed by atoms with van der Waals surface area (Å²) in [6.07, 6.45) is 0.681. The van der Waals surface area contributed by atoms with Gasteiger partial charge in [0.2, 0.25) is 0 Å². The Hall–Kier alpha value is -3.75. The van der Waals surface area contributed by atoms with Crippen molar-refractivity contribution in [2.24, 2.45) is 5.11 Å². The number of hydrazine groups is 1. The normalized spacial score (nSPS) is 15.9. The average Bonchev–Trinajstić information content (AvgIpc) is 3.01. The SMILES string of the molecule is CCCCCC(=O)ON(c1ccc(N=[N+]=[N-])cc1[N+](=O)[O-])N1C(=O)CC(S(=O)(=O)O)C1=O. The van der Waals surface area contributed by atoms with E-state index in [2.05, 4.69) is 10.0 Å². The molecule has 1 aromatic carbocycles. The van der Waals surface area contributed by atoms with Gasteiger partial charge in [-0.15, -0.1) is 0 Å². The fourth-order valence-corrected chi connectivity index (χ4v) is 3.52. The zero-order chi connectivity index (χ0) is 24.1. The highest BCUT2D eigenvalue weighted by atomic mass is 32.2. The number of amides is 2. The molecule has 1 aliphatic heterocycles. The van der Waals surface area contributed by atoms with Gasteiger partial charge in [-0.25, -0.2) is 4.79 Å². The van der Waals surface area contributed by atoms with Crippen LogP contribution in [0.3, 0.4) is 0 Å². The van der Waals surface area contributed by atoms with Crippen molar-refractivity contribution in [1.82, 2.24) is 5.01 Å². The molecule has 1 unspecified atom stereocenters. The Kier molecular flexibility index (Phi) is 7.69. The van der Waals surface area contributed by atoms with Crippen molar-refractivity contribution in [3.8, 4) is 0 Å². The van der Waals surface area contributed by atoms with Crippen LogP contribution in [0.4, 0.5) is 17.1 Å². The van der Waals surface area contributed by atoms with Crippen LogP contribution in [0.5, 0.6) is 0 Å². The van der Waals surface area contributed by atoms with Crippen molar-refractivity contribution in [3.05, 3.63) is 38.8 Å². The second kappa shape index (κ2) is 10.0. The van der Waals surface area contributed by atoms with Crippen LogP contribution in [-0.2, 0) is 29.3 Å². The number of nitrogens with zero attached hydrogens (tertiary/aromatic N) is 6. The minimum atomic E-state index is -4.99. The Balaban J connectivity index is 2.56. The van der Waals surface area contributed by atoms with Crippen molar-refractivity contribution >= 4 is 45.0 Å². The number of azide groups is 1. The van der Waals surface area contributed by atoms with Gasteiger partial charge in [-0.2, -0.15) is 13.4 Å². The molecule has 0 saturated carbocycles. The lowest BCUT2D eigenvalue weighted by Gasteiger charge is -2.29. The van der Waals surface area contributed by atoms with Gasteiger partial charge in [0, 0.05) is 23.1 Å². The number of unbranched alkanes of at least 4 members (excludes halogenated alkanes) is 2. The van der Waals surface area contributed by atoms with E-state index in [1.54, 1.807) is 0 Å². The molecule has 0 bridgehead atoms. The number of imide groups is 1. The highest BCUT2D eigenvalue weighted by Gasteiger charge is 2.50. The van der Waals surface area contributed by atoms with Gasteiger partial charge in [-0.3, -0.25) is 24.3 Å². The van der Waals surface area contributed by atoms with Gasteiger partial charge >= 0.3 is 5.97 Å². The van der Waals surface area contributed by atoms with E-state index in [9.17, 15) is 37.5 Å². The zero-order valence-corrected chi connectivity index (χ0v) is 17.5. The number of anilines is 1. The molecule has 1 atom stereocenters. The Labute approximate surface area is 181 Å². The highest BCUT2D eigenvalue weighted by Crippen LogP contribution is 2.35. The minimum Gasteiger partial charge on any atom is -0.320 e. The van der Waals surface area contributed by atoms with Gasteiger partial charge in [0.1, 0.15) is 0 Å². The van der Waals surface area contributed by atoms with Crippen LogP contribution in [0.2, 0.25) is 0 Å². The monoisotopic (exact) mass is 470 g/mol. The first-order valence-electron chi connectivity index (χ1n) is 9.18. The lowest BCUT2D eigenvalue weighted by atomic mass is 10.2. The van der Waals surface area contributed by atoms with Crippen LogP contribution in [0.1, 0.15) is 39.0 Å². The van der Waals surface area contributed by atoms with E-state index in [0.717, 1.165) is 24.6 Å². The Bertz CT molecular complexity index is 1100. The third-order valence-corrected chi connectivity index (χ3v) is 5.40. The molecular weight excluding hydrogens is 452 g/mol. The van der Waals surface area contributed by atoms with E-state index in [0.29, 0.717) is 12.8 Å². The maximum atomic E-state index is 12.6. The molecule has 1 N–H and O–H groups in total. The van der Waals surface area contributed by atoms with E-state index in [4.69, 9.17) is 10.4 Å². The third-order valence-electron chi connectivity index (χ3n) is 4.32. The van der Waals surface area contributed by atoms with Gasteiger partial charge in [0.15, 0.2) is 10.9 Å². The first kappa shape index (κ1) is 24.5. The van der Waals surface area contributed by atoms with Gasteiger partial charge in [-0.05, 0) is 24.1 Å². The molecule has 2 rings (SSSR count). The molecule has 16 heteroatoms. The standard InChI is InChI=1S/C16H18N6O9S/c1-2-3-4-5-15(24)31-21(20-14(23)9-13(16(20)25)32(28,29)30)11-7-6-10(18-19-17)8-12(11)22(26)27/h6-8,13H,2-5,9H2,1H3,(H,28,29,30). The van der Waals surface area contributed by atoms with Crippen LogP contribution in [0.25, 0.3) is 10.4 Å². The molecule has 2 amide bonds. The van der Waals surface area contributed by atoms with Crippen molar-refractivity contribution in [2.75, 3.05) is 5.17 Å². The Morgan fingerprint density at radius 1 is 1.44 bits per heavy atom. The molecular formula is C16H18N6O9S. The summed E-state index contributed by atoms with van der Waals surface area (Å²) in [5.41, 5.74) is 6.94. The average molecular weight is 470 g/mol. The minimum absolute atomic E-state index is 0.103. The second-order valence-corrected chi connectivity index (χ2v) is 8.16. The molecule has 1 aliphatic rings. The molecule has 1 heterocycles. The largest absolute Gasteiger partial charge is 0.334 e. The van der Waals surface area contributed by atoms with E-state index < -0.39 is 55.9 Å². The molecule has 1 fully saturated rings. The van der Waals surface area contributed by atoms with E-state index in [1.807, 2.05) is 6.92 Å². The summed E-state index contributed by atoms with van der Waals surface area (Å²) >= 11 is 0. The molecule has 32 heavy (non-hydrogen) atoms. The van der Waals surface area contributed by atoms with Crippen LogP contribution >= 0.6 is 0 Å². The highest BCUT2D eigenvalue weighted by molar-refractivity contribution is 7.87. The Morgan fingerprint density at radius 3 is 2.66 bits per heavy atom. The fraction of sp³-hybridized carbons (Fsp3) is 0.438. The number of rotatable bonds is 10. The van der Waals surface area contributed by atoms with Crippen molar-refractivity contribution in [2.45, 2.75) is 44.3 Å². The topological polar surface area (TPSA) is 213 Å². The molecule has 0 radical (unpaired) electrons. The molecule has 0 aromatic heterocycles. The van der Waals surface area contributed by atoms with E-state index >= 15 is 0 Å². The number of nitro groups is 1. The van der Waals surface area contributed by atoms with E-state index in [1.165, 1.54) is 0 Å². The maximum Gasteiger partial charge on any atom is 0.334 e. The second-order valence-electron chi connectivity index (χ2n) is 6.56. The molecule has 1 saturated heterocycles. The summed E-state index contributed by atoms with van der Waals surface area (Å²) in [5.74, 6) is -3.61. The number of carbonyl (C=O) groups is 3. The number of carbonyl (C=O) groups excluding carboxylic acids is 3. The zero-order valence-electron chi connectivity index (χ0n) is 16.6. The number of hydrogen-bond acceptors (Lipinski definition) is 10. The van der Waals surface area contributed by atoms with Crippen LogP contribution < -0.4 is 5.17 Å². The third kappa shape index (κ3) is 5.48. The van der Waals surface area contributed by atoms with Crippen molar-refractivity contribution < 1.29 is 37.1 Å². The van der Waals surface area contributed by atoms with Gasteiger partial charge < -0.3 is 4.84 Å². The summed E-state index contributed by atoms with van der Waals surface area (Å²) in [4.78, 5) is 55.4. The quantitative estimate of drug-likeness (QED) is 0.0769. The predicted octanol–water partition coefficient (Wildman–Crippen LogP) is 2.31. The summed E-state index contributed by atoms with van der Waals surface area (Å²) in [6.45, 7) is 1.88. The number of benzene rings is 1. The summed E-state index contributed by atoms with van der Waals surface area (Å²) < 4.78 is 32.1. The lowest BCUT2D eigenvalue weighted by molar-refractivity contribution is -0.384.